The summed E-state index contributed by atoms with van der Waals surface area (Å²) in [7, 11) is 0. The molecule has 142 valence electrons. The lowest BCUT2D eigenvalue weighted by Crippen LogP contribution is -2.08. The van der Waals surface area contributed by atoms with Crippen molar-refractivity contribution in [3.05, 3.63) is 47.8 Å². The summed E-state index contributed by atoms with van der Waals surface area (Å²) in [6, 6.07) is 10.1. The molecule has 2 N–H and O–H groups in total. The minimum atomic E-state index is -0.0812. The third-order valence-corrected chi connectivity index (χ3v) is 6.82. The van der Waals surface area contributed by atoms with Gasteiger partial charge in [0.15, 0.2) is 11.2 Å². The van der Waals surface area contributed by atoms with Crippen molar-refractivity contribution in [1.82, 2.24) is 19.9 Å². The molecule has 0 amide bonds. The molecule has 1 aromatic carbocycles. The molecule has 0 saturated carbocycles. The molecule has 0 fully saturated rings. The van der Waals surface area contributed by atoms with Gasteiger partial charge in [0.2, 0.25) is 11.8 Å². The molecule has 8 heteroatoms. The minimum absolute atomic E-state index is 0.0362. The summed E-state index contributed by atoms with van der Waals surface area (Å²) in [5, 5.41) is 0. The number of benzene rings is 1. The number of hydrogen-bond donors (Lipinski definition) is 1. The first-order valence-electron chi connectivity index (χ1n) is 8.86. The van der Waals surface area contributed by atoms with Crippen molar-refractivity contribution in [3.8, 4) is 5.88 Å². The Labute approximate surface area is 175 Å². The third kappa shape index (κ3) is 4.93. The van der Waals surface area contributed by atoms with Crippen molar-refractivity contribution < 1.29 is 4.74 Å². The Hall–Kier alpha value is -1.80. The molecule has 0 aliphatic heterocycles. The van der Waals surface area contributed by atoms with Crippen molar-refractivity contribution >= 4 is 49.0 Å². The van der Waals surface area contributed by atoms with Gasteiger partial charge in [-0.1, -0.05) is 82.0 Å². The number of ether oxygens (including phenoxy) is 1. The van der Waals surface area contributed by atoms with Crippen LogP contribution in [0.25, 0.3) is 11.2 Å². The number of nitrogens with two attached hydrogens (primary N) is 1. The number of nitrogen functional groups attached to an aromatic ring is 1. The fourth-order valence-electron chi connectivity index (χ4n) is 2.62. The summed E-state index contributed by atoms with van der Waals surface area (Å²) in [4.78, 5) is 17.5. The van der Waals surface area contributed by atoms with Crippen LogP contribution in [0.1, 0.15) is 47.1 Å². The second kappa shape index (κ2) is 9.41. The van der Waals surface area contributed by atoms with Gasteiger partial charge in [0.1, 0.15) is 0 Å². The minimum Gasteiger partial charge on any atom is -0.476 e. The average Bonchev–Trinajstić information content (AvgIpc) is 2.70. The van der Waals surface area contributed by atoms with E-state index in [0.29, 0.717) is 23.7 Å². The van der Waals surface area contributed by atoms with E-state index in [9.17, 15) is 0 Å². The smallest absolute Gasteiger partial charge is 0.247 e. The van der Waals surface area contributed by atoms with E-state index in [4.69, 9.17) is 15.5 Å². The van der Waals surface area contributed by atoms with Gasteiger partial charge in [-0.3, -0.25) is 0 Å². The predicted molar refractivity (Wildman–Crippen MR) is 114 cm³/mol. The monoisotopic (exact) mass is 493 g/mol. The topological polar surface area (TPSA) is 86.8 Å². The van der Waals surface area contributed by atoms with Crippen LogP contribution in [-0.4, -0.2) is 26.5 Å². The van der Waals surface area contributed by atoms with Crippen LogP contribution in [0.2, 0.25) is 0 Å². The first-order valence-corrected chi connectivity index (χ1v) is 10.7. The van der Waals surface area contributed by atoms with Gasteiger partial charge in [-0.2, -0.15) is 9.97 Å². The molecule has 0 aliphatic rings. The molecular weight excluding hydrogens is 474 g/mol. The number of unbranched alkanes of at least 4 members (excludes halogenated alkanes) is 2. The van der Waals surface area contributed by atoms with Crippen LogP contribution in [-0.2, 0) is 0 Å². The van der Waals surface area contributed by atoms with E-state index >= 15 is 0 Å². The van der Waals surface area contributed by atoms with Crippen molar-refractivity contribution in [2.75, 3.05) is 12.3 Å². The van der Waals surface area contributed by atoms with Crippen LogP contribution in [0.15, 0.2) is 36.5 Å². The van der Waals surface area contributed by atoms with Gasteiger partial charge < -0.3 is 10.5 Å². The normalized spacial score (nSPS) is 13.4. The fourth-order valence-corrected chi connectivity index (χ4v) is 3.72. The second-order valence-corrected chi connectivity index (χ2v) is 8.10. The van der Waals surface area contributed by atoms with E-state index in [0.717, 1.165) is 30.5 Å². The number of anilines is 1. The standard InChI is InChI=1S/C19H21Br2N5O/c1-2-3-7-10-27-18-16-17(25-19(22)26-18)23-11-13(24-16)15(21)14(20)12-8-5-4-6-9-12/h4-6,8-9,11,14-15H,2-3,7,10H2,1H3,(H2,22,23,25,26). The second-order valence-electron chi connectivity index (χ2n) is 6.12. The van der Waals surface area contributed by atoms with Crippen molar-refractivity contribution in [2.24, 2.45) is 0 Å². The highest BCUT2D eigenvalue weighted by Crippen LogP contribution is 2.41. The molecule has 3 rings (SSSR count). The highest BCUT2D eigenvalue weighted by Gasteiger charge is 2.23. The lowest BCUT2D eigenvalue weighted by Gasteiger charge is -2.17. The Morgan fingerprint density at radius 3 is 2.56 bits per heavy atom. The fraction of sp³-hybridized carbons (Fsp3) is 0.368. The largest absolute Gasteiger partial charge is 0.476 e. The summed E-state index contributed by atoms with van der Waals surface area (Å²) in [5.41, 5.74) is 8.65. The number of hydrogen-bond acceptors (Lipinski definition) is 6. The van der Waals surface area contributed by atoms with Crippen LogP contribution in [0, 0.1) is 0 Å². The third-order valence-electron chi connectivity index (χ3n) is 4.06. The van der Waals surface area contributed by atoms with Gasteiger partial charge in [0.25, 0.3) is 0 Å². The van der Waals surface area contributed by atoms with Crippen molar-refractivity contribution in [1.29, 1.82) is 0 Å². The average molecular weight is 495 g/mol. The molecule has 2 heterocycles. The maximum absolute atomic E-state index is 5.82. The number of halogens is 2. The summed E-state index contributed by atoms with van der Waals surface area (Å²) < 4.78 is 5.82. The van der Waals surface area contributed by atoms with Gasteiger partial charge >= 0.3 is 0 Å². The maximum atomic E-state index is 5.82. The molecule has 2 aromatic heterocycles. The van der Waals surface area contributed by atoms with Gasteiger partial charge in [0.05, 0.1) is 28.2 Å². The molecule has 0 spiro atoms. The number of aromatic nitrogens is 4. The maximum Gasteiger partial charge on any atom is 0.247 e. The van der Waals surface area contributed by atoms with Crippen LogP contribution < -0.4 is 10.5 Å². The Balaban J connectivity index is 1.89. The van der Waals surface area contributed by atoms with E-state index in [-0.39, 0.29) is 15.6 Å². The predicted octanol–water partition coefficient (Wildman–Crippen LogP) is 5.14. The Morgan fingerprint density at radius 2 is 1.81 bits per heavy atom. The van der Waals surface area contributed by atoms with Crippen molar-refractivity contribution in [3.63, 3.8) is 0 Å². The quantitative estimate of drug-likeness (QED) is 0.344. The lowest BCUT2D eigenvalue weighted by molar-refractivity contribution is 0.298. The molecule has 2 atom stereocenters. The summed E-state index contributed by atoms with van der Waals surface area (Å²) >= 11 is 7.47. The molecule has 6 nitrogen and oxygen atoms in total. The van der Waals surface area contributed by atoms with E-state index in [1.165, 1.54) is 0 Å². The van der Waals surface area contributed by atoms with Crippen LogP contribution in [0.5, 0.6) is 5.88 Å². The Morgan fingerprint density at radius 1 is 1.04 bits per heavy atom. The van der Waals surface area contributed by atoms with Gasteiger partial charge in [-0.15, -0.1) is 0 Å². The molecule has 0 saturated heterocycles. The zero-order valence-electron chi connectivity index (χ0n) is 15.0. The van der Waals surface area contributed by atoms with E-state index in [1.54, 1.807) is 6.20 Å². The zero-order chi connectivity index (χ0) is 19.2. The molecular formula is C19H21Br2N5O. The summed E-state index contributed by atoms with van der Waals surface area (Å²) in [6.45, 7) is 2.71. The number of nitrogens with zero attached hydrogens (tertiary/aromatic N) is 4. The molecule has 0 aliphatic carbocycles. The summed E-state index contributed by atoms with van der Waals surface area (Å²) in [6.07, 6.45) is 4.87. The number of fused-ring (bicyclic) bond motifs is 1. The zero-order valence-corrected chi connectivity index (χ0v) is 18.1. The van der Waals surface area contributed by atoms with E-state index in [1.807, 2.05) is 18.2 Å². The van der Waals surface area contributed by atoms with E-state index < -0.39 is 0 Å². The number of alkyl halides is 2. The first kappa shape index (κ1) is 19.9. The Kier molecular flexibility index (Phi) is 6.95. The van der Waals surface area contributed by atoms with Crippen molar-refractivity contribution in [2.45, 2.75) is 35.8 Å². The van der Waals surface area contributed by atoms with Gasteiger partial charge in [-0.05, 0) is 12.0 Å². The molecule has 2 unspecified atom stereocenters. The highest BCUT2D eigenvalue weighted by atomic mass is 79.9. The molecule has 3 aromatic rings. The first-order chi connectivity index (χ1) is 13.1. The van der Waals surface area contributed by atoms with Crippen LogP contribution >= 0.6 is 31.9 Å². The lowest BCUT2D eigenvalue weighted by atomic mass is 10.1. The van der Waals surface area contributed by atoms with Gasteiger partial charge in [0, 0.05) is 0 Å². The Bertz CT molecular complexity index is 894. The highest BCUT2D eigenvalue weighted by molar-refractivity contribution is 9.12. The van der Waals surface area contributed by atoms with Gasteiger partial charge in [-0.25, -0.2) is 9.97 Å². The van der Waals surface area contributed by atoms with Crippen LogP contribution in [0.4, 0.5) is 5.95 Å². The summed E-state index contributed by atoms with van der Waals surface area (Å²) in [5.74, 6) is 0.515. The van der Waals surface area contributed by atoms with Crippen LogP contribution in [0.3, 0.4) is 0 Å². The molecule has 27 heavy (non-hydrogen) atoms. The molecule has 0 radical (unpaired) electrons. The SMILES string of the molecule is CCCCCOc1nc(N)nc2ncc(C(Br)C(Br)c3ccccc3)nc12. The van der Waals surface area contributed by atoms with E-state index in [2.05, 4.69) is 65.9 Å². The molecule has 0 bridgehead atoms. The number of rotatable bonds is 8.